The average molecular weight is 545 g/mol. The molecule has 8 nitrogen and oxygen atoms in total. The molecule has 2 aromatic rings. The molecule has 1 aromatic carbocycles. The summed E-state index contributed by atoms with van der Waals surface area (Å²) < 4.78 is 0. The molecule has 10 heteroatoms. The van der Waals surface area contributed by atoms with Gasteiger partial charge in [0.1, 0.15) is 0 Å². The molecule has 0 aliphatic rings. The number of likely N-dealkylation sites (N-methyl/N-ethyl adjacent to an activating group) is 2. The smallest absolute Gasteiger partial charge is 0.269 e. The Morgan fingerprint density at radius 2 is 1.87 bits per heavy atom. The number of hydrogen-bond acceptors (Lipinski definition) is 5. The van der Waals surface area contributed by atoms with Crippen LogP contribution in [0, 0.1) is 10.1 Å². The lowest BCUT2D eigenvalue weighted by molar-refractivity contribution is -0.384. The van der Waals surface area contributed by atoms with E-state index in [4.69, 9.17) is 0 Å². The summed E-state index contributed by atoms with van der Waals surface area (Å²) in [6.45, 7) is 6.44. The number of benzene rings is 1. The van der Waals surface area contributed by atoms with Crippen molar-refractivity contribution >= 4 is 52.9 Å². The molecule has 0 spiro atoms. The van der Waals surface area contributed by atoms with Crippen LogP contribution in [0.5, 0.6) is 0 Å². The first-order valence-corrected chi connectivity index (χ1v) is 10.4. The first-order valence-electron chi connectivity index (χ1n) is 9.47. The molecule has 0 saturated heterocycles. The van der Waals surface area contributed by atoms with Gasteiger partial charge >= 0.3 is 0 Å². The summed E-state index contributed by atoms with van der Waals surface area (Å²) in [5.41, 5.74) is 0.908. The lowest BCUT2D eigenvalue weighted by Crippen LogP contribution is -2.45. The molecule has 1 aromatic heterocycles. The van der Waals surface area contributed by atoms with E-state index in [0.29, 0.717) is 32.1 Å². The zero-order valence-electron chi connectivity index (χ0n) is 17.4. The summed E-state index contributed by atoms with van der Waals surface area (Å²) >= 11 is 1.65. The number of nitro benzene ring substituents is 1. The maximum Gasteiger partial charge on any atom is 0.269 e. The fraction of sp³-hybridized carbons (Fsp3) is 0.400. The van der Waals surface area contributed by atoms with Gasteiger partial charge in [0.15, 0.2) is 5.96 Å². The SMILES string of the molecule is CCN(CC)C(=O)CN(C)C(=NCc1ccc([N+](=O)[O-])cc1)NCc1cccs1.I. The number of nitrogens with zero attached hydrogens (tertiary/aromatic N) is 4. The average Bonchev–Trinajstić information content (AvgIpc) is 3.22. The van der Waals surface area contributed by atoms with Crippen molar-refractivity contribution in [1.29, 1.82) is 0 Å². The number of thiophene rings is 1. The Labute approximate surface area is 198 Å². The quantitative estimate of drug-likeness (QED) is 0.171. The molecule has 0 unspecified atom stereocenters. The van der Waals surface area contributed by atoms with Gasteiger partial charge in [-0.1, -0.05) is 18.2 Å². The number of rotatable bonds is 9. The molecule has 1 N–H and O–H groups in total. The summed E-state index contributed by atoms with van der Waals surface area (Å²) in [6, 6.07) is 10.4. The topological polar surface area (TPSA) is 91.1 Å². The first kappa shape index (κ1) is 25.8. The number of hydrogen-bond donors (Lipinski definition) is 1. The summed E-state index contributed by atoms with van der Waals surface area (Å²) in [5.74, 6) is 0.649. The standard InChI is InChI=1S/C20H27N5O3S.HI/c1-4-24(5-2)19(26)15-23(3)20(22-14-18-7-6-12-29-18)21-13-16-8-10-17(11-9-16)25(27)28;/h6-12H,4-5,13-15H2,1-3H3,(H,21,22);1H. The number of halogens is 1. The van der Waals surface area contributed by atoms with Crippen molar-refractivity contribution in [1.82, 2.24) is 15.1 Å². The Morgan fingerprint density at radius 3 is 2.40 bits per heavy atom. The van der Waals surface area contributed by atoms with Gasteiger partial charge in [-0.15, -0.1) is 35.3 Å². The third-order valence-corrected chi connectivity index (χ3v) is 5.29. The second-order valence-corrected chi connectivity index (χ2v) is 7.45. The predicted octanol–water partition coefficient (Wildman–Crippen LogP) is 3.72. The van der Waals surface area contributed by atoms with Gasteiger partial charge in [-0.25, -0.2) is 4.99 Å². The molecule has 0 radical (unpaired) electrons. The zero-order valence-corrected chi connectivity index (χ0v) is 20.6. The van der Waals surface area contributed by atoms with Crippen LogP contribution in [0.4, 0.5) is 5.69 Å². The van der Waals surface area contributed by atoms with Crippen molar-refractivity contribution in [2.24, 2.45) is 4.99 Å². The van der Waals surface area contributed by atoms with Crippen LogP contribution >= 0.6 is 35.3 Å². The van der Waals surface area contributed by atoms with E-state index in [1.807, 2.05) is 38.4 Å². The van der Waals surface area contributed by atoms with E-state index in [9.17, 15) is 14.9 Å². The highest BCUT2D eigenvalue weighted by Crippen LogP contribution is 2.13. The maximum absolute atomic E-state index is 12.5. The Morgan fingerprint density at radius 1 is 1.20 bits per heavy atom. The van der Waals surface area contributed by atoms with Crippen molar-refractivity contribution < 1.29 is 9.72 Å². The molecule has 0 saturated carbocycles. The van der Waals surface area contributed by atoms with Gasteiger partial charge in [0.25, 0.3) is 5.69 Å². The Balaban J connectivity index is 0.00000450. The second-order valence-electron chi connectivity index (χ2n) is 6.42. The maximum atomic E-state index is 12.5. The van der Waals surface area contributed by atoms with E-state index in [0.717, 1.165) is 10.4 Å². The summed E-state index contributed by atoms with van der Waals surface area (Å²) in [6.07, 6.45) is 0. The van der Waals surface area contributed by atoms with Crippen molar-refractivity contribution in [2.45, 2.75) is 26.9 Å². The number of nitrogens with one attached hydrogen (secondary N) is 1. The van der Waals surface area contributed by atoms with Gasteiger partial charge in [-0.2, -0.15) is 0 Å². The second kappa shape index (κ2) is 13.2. The third-order valence-electron chi connectivity index (χ3n) is 4.41. The zero-order chi connectivity index (χ0) is 21.2. The number of guanidine groups is 1. The monoisotopic (exact) mass is 545 g/mol. The minimum absolute atomic E-state index is 0. The van der Waals surface area contributed by atoms with E-state index in [1.54, 1.807) is 33.3 Å². The van der Waals surface area contributed by atoms with Gasteiger partial charge in [0.05, 0.1) is 24.6 Å². The van der Waals surface area contributed by atoms with Gasteiger partial charge in [-0.05, 0) is 30.9 Å². The Bertz CT molecular complexity index is 823. The first-order chi connectivity index (χ1) is 13.9. The molecule has 0 fully saturated rings. The van der Waals surface area contributed by atoms with Crippen LogP contribution in [-0.4, -0.2) is 53.3 Å². The molecule has 0 aliphatic heterocycles. The van der Waals surface area contributed by atoms with Gasteiger partial charge in [-0.3, -0.25) is 14.9 Å². The van der Waals surface area contributed by atoms with E-state index < -0.39 is 4.92 Å². The highest BCUT2D eigenvalue weighted by molar-refractivity contribution is 14.0. The highest BCUT2D eigenvalue weighted by atomic mass is 127. The minimum Gasteiger partial charge on any atom is -0.351 e. The third kappa shape index (κ3) is 7.90. The molecule has 1 heterocycles. The van der Waals surface area contributed by atoms with Gasteiger partial charge in [0.2, 0.25) is 5.91 Å². The largest absolute Gasteiger partial charge is 0.351 e. The summed E-state index contributed by atoms with van der Waals surface area (Å²) in [5, 5.41) is 16.1. The molecule has 0 aliphatic carbocycles. The van der Waals surface area contributed by atoms with Crippen molar-refractivity contribution in [2.75, 3.05) is 26.7 Å². The van der Waals surface area contributed by atoms with Crippen LogP contribution in [0.1, 0.15) is 24.3 Å². The number of aliphatic imine (C=N–C) groups is 1. The Hall–Kier alpha value is -2.21. The molecular weight excluding hydrogens is 517 g/mol. The van der Waals surface area contributed by atoms with Crippen LogP contribution in [0.3, 0.4) is 0 Å². The van der Waals surface area contributed by atoms with Crippen LogP contribution < -0.4 is 5.32 Å². The molecule has 0 atom stereocenters. The van der Waals surface area contributed by atoms with Crippen LogP contribution in [0.25, 0.3) is 0 Å². The van der Waals surface area contributed by atoms with E-state index in [1.165, 1.54) is 12.1 Å². The lowest BCUT2D eigenvalue weighted by atomic mass is 10.2. The number of carbonyl (C=O) groups is 1. The van der Waals surface area contributed by atoms with Crippen LogP contribution in [0.15, 0.2) is 46.8 Å². The summed E-state index contributed by atoms with van der Waals surface area (Å²) in [7, 11) is 1.83. The molecule has 164 valence electrons. The minimum atomic E-state index is -0.423. The van der Waals surface area contributed by atoms with Gasteiger partial charge in [0, 0.05) is 37.1 Å². The summed E-state index contributed by atoms with van der Waals surface area (Å²) in [4.78, 5) is 32.2. The molecule has 2 rings (SSSR count). The normalized spacial score (nSPS) is 10.8. The molecule has 30 heavy (non-hydrogen) atoms. The van der Waals surface area contributed by atoms with E-state index >= 15 is 0 Å². The fourth-order valence-electron chi connectivity index (χ4n) is 2.73. The van der Waals surface area contributed by atoms with Crippen LogP contribution in [-0.2, 0) is 17.9 Å². The highest BCUT2D eigenvalue weighted by Gasteiger charge is 2.15. The number of non-ortho nitro benzene ring substituents is 1. The molecular formula is C20H28IN5O3S. The van der Waals surface area contributed by atoms with E-state index in [-0.39, 0.29) is 42.1 Å². The number of nitro groups is 1. The number of carbonyl (C=O) groups excluding carboxylic acids is 1. The fourth-order valence-corrected chi connectivity index (χ4v) is 3.38. The van der Waals surface area contributed by atoms with Crippen molar-refractivity contribution in [3.05, 3.63) is 62.3 Å². The predicted molar refractivity (Wildman–Crippen MR) is 131 cm³/mol. The van der Waals surface area contributed by atoms with Crippen LogP contribution in [0.2, 0.25) is 0 Å². The van der Waals surface area contributed by atoms with Crippen molar-refractivity contribution in [3.8, 4) is 0 Å². The Kier molecular flexibility index (Phi) is 11.3. The molecule has 0 bridgehead atoms. The van der Waals surface area contributed by atoms with E-state index in [2.05, 4.69) is 10.3 Å². The number of amides is 1. The lowest BCUT2D eigenvalue weighted by Gasteiger charge is -2.26. The van der Waals surface area contributed by atoms with Gasteiger partial charge < -0.3 is 15.1 Å². The molecule has 1 amide bonds. The van der Waals surface area contributed by atoms with Crippen molar-refractivity contribution in [3.63, 3.8) is 0 Å².